The van der Waals surface area contributed by atoms with Gasteiger partial charge in [0.05, 0.1) is 31.6 Å². The highest BCUT2D eigenvalue weighted by Gasteiger charge is 2.57. The number of methoxy groups -OCH3 is 2. The number of carbonyl (C=O) groups is 3. The third kappa shape index (κ3) is 5.23. The molecule has 1 fully saturated rings. The third-order valence-corrected chi connectivity index (χ3v) is 6.81. The highest BCUT2D eigenvalue weighted by Crippen LogP contribution is 2.48. The second-order valence-electron chi connectivity index (χ2n) is 9.36. The minimum atomic E-state index is -1.32. The number of pyridine rings is 2. The molecule has 2 heterocycles. The lowest BCUT2D eigenvalue weighted by Gasteiger charge is -2.23. The second-order valence-corrected chi connectivity index (χ2v) is 9.36. The summed E-state index contributed by atoms with van der Waals surface area (Å²) in [4.78, 5) is 47.9. The summed E-state index contributed by atoms with van der Waals surface area (Å²) in [5, 5.41) is 2.94. The van der Waals surface area contributed by atoms with Gasteiger partial charge in [-0.2, -0.15) is 0 Å². The van der Waals surface area contributed by atoms with Crippen molar-refractivity contribution in [2.24, 2.45) is 5.41 Å². The Morgan fingerprint density at radius 2 is 1.71 bits per heavy atom. The van der Waals surface area contributed by atoms with Crippen LogP contribution in [0.2, 0.25) is 0 Å². The van der Waals surface area contributed by atoms with Crippen LogP contribution in [0.1, 0.15) is 23.2 Å². The first kappa shape index (κ1) is 27.4. The molecule has 0 atom stereocenters. The number of ether oxygens (including phenoxy) is 3. The van der Waals surface area contributed by atoms with Crippen molar-refractivity contribution in [3.8, 4) is 17.4 Å². The Morgan fingerprint density at radius 3 is 2.34 bits per heavy atom. The van der Waals surface area contributed by atoms with E-state index in [0.717, 1.165) is 6.07 Å². The number of anilines is 2. The summed E-state index contributed by atoms with van der Waals surface area (Å²) in [6.45, 7) is 0. The van der Waals surface area contributed by atoms with Crippen molar-refractivity contribution in [2.75, 3.05) is 31.5 Å². The fraction of sp³-hybridized carbons (Fsp3) is 0.207. The predicted molar refractivity (Wildman–Crippen MR) is 144 cm³/mol. The van der Waals surface area contributed by atoms with Crippen LogP contribution in [0.3, 0.4) is 0 Å². The number of carbonyl (C=O) groups excluding carboxylic acids is 3. The fourth-order valence-corrected chi connectivity index (χ4v) is 4.37. The summed E-state index contributed by atoms with van der Waals surface area (Å²) in [7, 11) is 4.14. The van der Waals surface area contributed by atoms with Gasteiger partial charge in [0.25, 0.3) is 5.88 Å². The van der Waals surface area contributed by atoms with Crippen molar-refractivity contribution in [3.05, 3.63) is 78.1 Å². The number of rotatable bonds is 8. The number of hydrogen-bond donors (Lipinski definition) is 1. The maximum Gasteiger partial charge on any atom is 0.341 e. The van der Waals surface area contributed by atoms with Gasteiger partial charge in [-0.1, -0.05) is 0 Å². The summed E-state index contributed by atoms with van der Waals surface area (Å²) in [5.41, 5.74) is -0.309. The van der Waals surface area contributed by atoms with E-state index < -0.39 is 34.8 Å². The van der Waals surface area contributed by atoms with Gasteiger partial charge in [0.1, 0.15) is 28.3 Å². The van der Waals surface area contributed by atoms with Gasteiger partial charge in [-0.15, -0.1) is 0 Å². The highest BCUT2D eigenvalue weighted by atomic mass is 19.1. The van der Waals surface area contributed by atoms with Gasteiger partial charge in [0.2, 0.25) is 11.8 Å². The number of nitrogens with zero attached hydrogens (tertiary/aromatic N) is 3. The molecule has 0 aliphatic heterocycles. The van der Waals surface area contributed by atoms with Gasteiger partial charge in [-0.25, -0.2) is 18.6 Å². The van der Waals surface area contributed by atoms with Crippen LogP contribution in [0.4, 0.5) is 20.2 Å². The van der Waals surface area contributed by atoms with Crippen molar-refractivity contribution < 1.29 is 37.4 Å². The molecule has 1 saturated carbocycles. The van der Waals surface area contributed by atoms with E-state index in [4.69, 9.17) is 14.2 Å². The molecule has 12 heteroatoms. The number of amides is 2. The third-order valence-electron chi connectivity index (χ3n) is 6.81. The topological polar surface area (TPSA) is 120 Å². The molecule has 4 aromatic rings. The second kappa shape index (κ2) is 10.8. The van der Waals surface area contributed by atoms with Gasteiger partial charge in [-0.3, -0.25) is 14.6 Å². The van der Waals surface area contributed by atoms with Crippen molar-refractivity contribution in [2.45, 2.75) is 12.8 Å². The van der Waals surface area contributed by atoms with Gasteiger partial charge in [0, 0.05) is 36.5 Å². The Bertz CT molecular complexity index is 1670. The fourth-order valence-electron chi connectivity index (χ4n) is 4.37. The molecule has 0 spiro atoms. The van der Waals surface area contributed by atoms with Crippen LogP contribution < -0.4 is 19.7 Å². The smallest absolute Gasteiger partial charge is 0.341 e. The number of esters is 1. The molecule has 2 aromatic heterocycles. The maximum atomic E-state index is 15.1. The molecule has 10 nitrogen and oxygen atoms in total. The highest BCUT2D eigenvalue weighted by molar-refractivity contribution is 6.17. The summed E-state index contributed by atoms with van der Waals surface area (Å²) >= 11 is 0. The number of halogens is 2. The molecule has 210 valence electrons. The predicted octanol–water partition coefficient (Wildman–Crippen LogP) is 4.88. The number of nitrogens with one attached hydrogen (secondary N) is 1. The van der Waals surface area contributed by atoms with E-state index in [9.17, 15) is 18.8 Å². The van der Waals surface area contributed by atoms with Crippen LogP contribution in [0, 0.1) is 17.0 Å². The molecule has 5 rings (SSSR count). The van der Waals surface area contributed by atoms with Gasteiger partial charge in [0.15, 0.2) is 5.82 Å². The molecular formula is C29H24F2N4O6. The molecule has 2 aromatic carbocycles. The minimum absolute atomic E-state index is 0.0284. The zero-order chi connectivity index (χ0) is 29.3. The Labute approximate surface area is 232 Å². The number of fused-ring (bicyclic) bond motifs is 1. The lowest BCUT2D eigenvalue weighted by atomic mass is 10.0. The van der Waals surface area contributed by atoms with Crippen molar-refractivity contribution in [1.29, 1.82) is 0 Å². The zero-order valence-electron chi connectivity index (χ0n) is 22.2. The molecule has 1 N–H and O–H groups in total. The van der Waals surface area contributed by atoms with Crippen LogP contribution in [0.25, 0.3) is 10.9 Å². The Hall–Kier alpha value is -5.13. The molecular weight excluding hydrogens is 538 g/mol. The maximum absolute atomic E-state index is 15.1. The van der Waals surface area contributed by atoms with Gasteiger partial charge < -0.3 is 24.4 Å². The SMILES string of the molecule is COC(=O)c1cc2c(Oc3ncc(NC(=O)C4(C(=O)N(C)c5ccc(F)cc5)CC4)cc3F)ccnc2cc1OC. The molecule has 2 amide bonds. The summed E-state index contributed by atoms with van der Waals surface area (Å²) in [6.07, 6.45) is 3.27. The van der Waals surface area contributed by atoms with E-state index in [1.165, 1.54) is 81.0 Å². The van der Waals surface area contributed by atoms with Crippen LogP contribution in [-0.2, 0) is 14.3 Å². The van der Waals surface area contributed by atoms with Crippen LogP contribution in [-0.4, -0.2) is 49.0 Å². The Kier molecular flexibility index (Phi) is 7.22. The molecule has 0 unspecified atom stereocenters. The lowest BCUT2D eigenvalue weighted by Crippen LogP contribution is -2.41. The molecule has 41 heavy (non-hydrogen) atoms. The molecule has 1 aliphatic rings. The van der Waals surface area contributed by atoms with Gasteiger partial charge >= 0.3 is 5.97 Å². The number of hydrogen-bond acceptors (Lipinski definition) is 8. The van der Waals surface area contributed by atoms with E-state index in [1.54, 1.807) is 0 Å². The van der Waals surface area contributed by atoms with Crippen molar-refractivity contribution >= 4 is 40.1 Å². The molecule has 0 radical (unpaired) electrons. The minimum Gasteiger partial charge on any atom is -0.496 e. The summed E-state index contributed by atoms with van der Waals surface area (Å²) in [6, 6.07) is 10.8. The lowest BCUT2D eigenvalue weighted by molar-refractivity contribution is -0.132. The van der Waals surface area contributed by atoms with Crippen molar-refractivity contribution in [3.63, 3.8) is 0 Å². The Balaban J connectivity index is 1.34. The van der Waals surface area contributed by atoms with E-state index in [-0.39, 0.29) is 28.6 Å². The number of aromatic nitrogens is 2. The van der Waals surface area contributed by atoms with Crippen LogP contribution in [0.5, 0.6) is 17.4 Å². The first-order valence-corrected chi connectivity index (χ1v) is 12.4. The quantitative estimate of drug-likeness (QED) is 0.239. The average Bonchev–Trinajstić information content (AvgIpc) is 3.79. The first-order valence-electron chi connectivity index (χ1n) is 12.4. The summed E-state index contributed by atoms with van der Waals surface area (Å²) in [5.74, 6) is -3.00. The standard InChI is InChI=1S/C29H24F2N4O6/c1-35(18-6-4-16(30)5-7-18)28(38)29(9-10-29)27(37)34-17-12-21(31)25(33-15-17)41-23-8-11-32-22-14-24(39-2)20(13-19(22)23)26(36)40-3/h4-8,11-15H,9-10H2,1-3H3,(H,34,37). The molecule has 0 saturated heterocycles. The average molecular weight is 563 g/mol. The normalized spacial score (nSPS) is 13.3. The van der Waals surface area contributed by atoms with E-state index in [2.05, 4.69) is 15.3 Å². The molecule has 0 bridgehead atoms. The van der Waals surface area contributed by atoms with E-state index >= 15 is 4.39 Å². The zero-order valence-corrected chi connectivity index (χ0v) is 22.2. The van der Waals surface area contributed by atoms with Gasteiger partial charge in [-0.05, 0) is 49.2 Å². The van der Waals surface area contributed by atoms with E-state index in [1.807, 2.05) is 0 Å². The van der Waals surface area contributed by atoms with Crippen LogP contribution in [0.15, 0.2) is 60.9 Å². The Morgan fingerprint density at radius 1 is 0.976 bits per heavy atom. The largest absolute Gasteiger partial charge is 0.496 e. The monoisotopic (exact) mass is 562 g/mol. The number of benzene rings is 2. The van der Waals surface area contributed by atoms with Crippen LogP contribution >= 0.6 is 0 Å². The summed E-state index contributed by atoms with van der Waals surface area (Å²) < 4.78 is 44.1. The first-order chi connectivity index (χ1) is 19.7. The molecule has 1 aliphatic carbocycles. The van der Waals surface area contributed by atoms with Crippen molar-refractivity contribution in [1.82, 2.24) is 9.97 Å². The van der Waals surface area contributed by atoms with E-state index in [0.29, 0.717) is 29.4 Å².